The van der Waals surface area contributed by atoms with Gasteiger partial charge >= 0.3 is 0 Å². The maximum atomic E-state index is 11.8. The molecule has 4 nitrogen and oxygen atoms in total. The fourth-order valence-electron chi connectivity index (χ4n) is 2.14. The van der Waals surface area contributed by atoms with Crippen molar-refractivity contribution in [2.24, 2.45) is 5.41 Å². The SMILES string of the molecule is CC1(CO)CN(c2ccc(C(C)(C)C)cc2)NC1=O. The highest BCUT2D eigenvalue weighted by atomic mass is 16.3. The van der Waals surface area contributed by atoms with Crippen LogP contribution in [0.3, 0.4) is 0 Å². The molecule has 0 saturated carbocycles. The van der Waals surface area contributed by atoms with E-state index in [0.717, 1.165) is 5.69 Å². The molecule has 1 unspecified atom stereocenters. The lowest BCUT2D eigenvalue weighted by atomic mass is 9.87. The molecule has 1 aromatic rings. The van der Waals surface area contributed by atoms with E-state index in [1.54, 1.807) is 11.9 Å². The Bertz CT molecular complexity index is 476. The quantitative estimate of drug-likeness (QED) is 0.855. The van der Waals surface area contributed by atoms with E-state index in [4.69, 9.17) is 0 Å². The van der Waals surface area contributed by atoms with E-state index in [9.17, 15) is 9.90 Å². The molecule has 1 fully saturated rings. The summed E-state index contributed by atoms with van der Waals surface area (Å²) in [7, 11) is 0. The number of carbonyl (C=O) groups is 1. The van der Waals surface area contributed by atoms with Gasteiger partial charge in [-0.3, -0.25) is 15.2 Å². The van der Waals surface area contributed by atoms with Crippen LogP contribution in [0.2, 0.25) is 0 Å². The van der Waals surface area contributed by atoms with Crippen LogP contribution in [0.5, 0.6) is 0 Å². The molecule has 0 aromatic heterocycles. The van der Waals surface area contributed by atoms with Gasteiger partial charge in [-0.2, -0.15) is 0 Å². The predicted molar refractivity (Wildman–Crippen MR) is 75.8 cm³/mol. The molecule has 1 aliphatic heterocycles. The maximum Gasteiger partial charge on any atom is 0.248 e. The van der Waals surface area contributed by atoms with Crippen molar-refractivity contribution in [3.05, 3.63) is 29.8 Å². The van der Waals surface area contributed by atoms with Gasteiger partial charge in [0.1, 0.15) is 0 Å². The Kier molecular flexibility index (Phi) is 3.31. The van der Waals surface area contributed by atoms with Gasteiger partial charge in [0, 0.05) is 0 Å². The minimum atomic E-state index is -0.720. The lowest BCUT2D eigenvalue weighted by Gasteiger charge is -2.22. The average Bonchev–Trinajstić information content (AvgIpc) is 2.66. The number of nitrogens with zero attached hydrogens (tertiary/aromatic N) is 1. The molecule has 1 amide bonds. The van der Waals surface area contributed by atoms with Crippen molar-refractivity contribution in [3.8, 4) is 0 Å². The zero-order chi connectivity index (χ0) is 14.3. The second-order valence-corrected chi connectivity index (χ2v) is 6.54. The van der Waals surface area contributed by atoms with Crippen LogP contribution in [0.1, 0.15) is 33.3 Å². The normalized spacial score (nSPS) is 23.6. The number of carbonyl (C=O) groups excluding carboxylic acids is 1. The van der Waals surface area contributed by atoms with Gasteiger partial charge in [-0.1, -0.05) is 32.9 Å². The Morgan fingerprint density at radius 1 is 1.32 bits per heavy atom. The molecule has 1 heterocycles. The molecule has 0 spiro atoms. The van der Waals surface area contributed by atoms with E-state index in [2.05, 4.69) is 38.3 Å². The van der Waals surface area contributed by atoms with Crippen LogP contribution in [-0.4, -0.2) is 24.2 Å². The van der Waals surface area contributed by atoms with E-state index in [0.29, 0.717) is 6.54 Å². The molecular weight excluding hydrogens is 240 g/mol. The Morgan fingerprint density at radius 2 is 1.89 bits per heavy atom. The number of rotatable bonds is 2. The van der Waals surface area contributed by atoms with Gasteiger partial charge in [0.25, 0.3) is 0 Å². The molecule has 0 aliphatic carbocycles. The van der Waals surface area contributed by atoms with Crippen molar-refractivity contribution < 1.29 is 9.90 Å². The van der Waals surface area contributed by atoms with E-state index in [-0.39, 0.29) is 17.9 Å². The second-order valence-electron chi connectivity index (χ2n) is 6.54. The summed E-state index contributed by atoms with van der Waals surface area (Å²) < 4.78 is 0. The van der Waals surface area contributed by atoms with Crippen molar-refractivity contribution in [1.82, 2.24) is 5.43 Å². The molecule has 1 atom stereocenters. The summed E-state index contributed by atoms with van der Waals surface area (Å²) in [5.41, 5.74) is 4.40. The molecule has 0 bridgehead atoms. The van der Waals surface area contributed by atoms with Crippen LogP contribution in [0.4, 0.5) is 5.69 Å². The van der Waals surface area contributed by atoms with Gasteiger partial charge in [-0.25, -0.2) is 0 Å². The summed E-state index contributed by atoms with van der Waals surface area (Å²) in [5.74, 6) is -0.130. The predicted octanol–water partition coefficient (Wildman–Crippen LogP) is 1.83. The number of aliphatic hydroxyl groups is 1. The zero-order valence-corrected chi connectivity index (χ0v) is 12.0. The van der Waals surface area contributed by atoms with Crippen molar-refractivity contribution >= 4 is 11.6 Å². The molecule has 1 saturated heterocycles. The number of hydrogen-bond donors (Lipinski definition) is 2. The van der Waals surface area contributed by atoms with E-state index in [1.165, 1.54) is 5.56 Å². The van der Waals surface area contributed by atoms with Gasteiger partial charge < -0.3 is 5.11 Å². The summed E-state index contributed by atoms with van der Waals surface area (Å²) in [6, 6.07) is 8.17. The molecule has 1 aromatic carbocycles. The monoisotopic (exact) mass is 262 g/mol. The summed E-state index contributed by atoms with van der Waals surface area (Å²) in [5, 5.41) is 11.1. The maximum absolute atomic E-state index is 11.8. The second kappa shape index (κ2) is 4.53. The first-order chi connectivity index (χ1) is 8.76. The van der Waals surface area contributed by atoms with E-state index < -0.39 is 5.41 Å². The fourth-order valence-corrected chi connectivity index (χ4v) is 2.14. The molecule has 0 radical (unpaired) electrons. The first-order valence-corrected chi connectivity index (χ1v) is 6.56. The lowest BCUT2D eigenvalue weighted by Crippen LogP contribution is -2.34. The molecule has 2 rings (SSSR count). The number of amides is 1. The molecular formula is C15H22N2O2. The lowest BCUT2D eigenvalue weighted by molar-refractivity contribution is -0.128. The first-order valence-electron chi connectivity index (χ1n) is 6.56. The number of benzene rings is 1. The Labute approximate surface area is 114 Å². The van der Waals surface area contributed by atoms with Gasteiger partial charge in [0.15, 0.2) is 0 Å². The minimum Gasteiger partial charge on any atom is -0.395 e. The number of anilines is 1. The van der Waals surface area contributed by atoms with Crippen LogP contribution < -0.4 is 10.4 Å². The van der Waals surface area contributed by atoms with Crippen molar-refractivity contribution in [2.45, 2.75) is 33.1 Å². The highest BCUT2D eigenvalue weighted by Crippen LogP contribution is 2.29. The summed E-state index contributed by atoms with van der Waals surface area (Å²) in [6.07, 6.45) is 0. The Balaban J connectivity index is 2.19. The Hall–Kier alpha value is -1.55. The third kappa shape index (κ3) is 2.59. The number of hydrazine groups is 1. The fraction of sp³-hybridized carbons (Fsp3) is 0.533. The standard InChI is InChI=1S/C15H22N2O2/c1-14(2,3)11-5-7-12(8-6-11)17-9-15(4,10-18)13(19)16-17/h5-8,18H,9-10H2,1-4H3,(H,16,19). The third-order valence-corrected chi connectivity index (χ3v) is 3.69. The van der Waals surface area contributed by atoms with Crippen LogP contribution in [0.15, 0.2) is 24.3 Å². The van der Waals surface area contributed by atoms with Crippen molar-refractivity contribution in [3.63, 3.8) is 0 Å². The van der Waals surface area contributed by atoms with Gasteiger partial charge in [0.2, 0.25) is 5.91 Å². The van der Waals surface area contributed by atoms with Crippen molar-refractivity contribution in [1.29, 1.82) is 0 Å². The van der Waals surface area contributed by atoms with Gasteiger partial charge in [-0.05, 0) is 30.0 Å². The van der Waals surface area contributed by atoms with E-state index in [1.807, 2.05) is 12.1 Å². The van der Waals surface area contributed by atoms with Gasteiger partial charge in [0.05, 0.1) is 24.3 Å². The third-order valence-electron chi connectivity index (χ3n) is 3.69. The molecule has 4 heteroatoms. The summed E-state index contributed by atoms with van der Waals surface area (Å²) >= 11 is 0. The zero-order valence-electron chi connectivity index (χ0n) is 12.0. The van der Waals surface area contributed by atoms with Crippen molar-refractivity contribution in [2.75, 3.05) is 18.2 Å². The highest BCUT2D eigenvalue weighted by molar-refractivity contribution is 5.87. The molecule has 2 N–H and O–H groups in total. The minimum absolute atomic E-state index is 0.117. The molecule has 104 valence electrons. The van der Waals surface area contributed by atoms with Gasteiger partial charge in [-0.15, -0.1) is 0 Å². The average molecular weight is 262 g/mol. The van der Waals surface area contributed by atoms with E-state index >= 15 is 0 Å². The highest BCUT2D eigenvalue weighted by Gasteiger charge is 2.41. The van der Waals surface area contributed by atoms with Crippen LogP contribution in [-0.2, 0) is 10.2 Å². The largest absolute Gasteiger partial charge is 0.395 e. The molecule has 1 aliphatic rings. The number of nitrogens with one attached hydrogen (secondary N) is 1. The van der Waals surface area contributed by atoms with Crippen LogP contribution in [0, 0.1) is 5.41 Å². The number of hydrogen-bond acceptors (Lipinski definition) is 3. The topological polar surface area (TPSA) is 52.6 Å². The van der Waals surface area contributed by atoms with Crippen LogP contribution in [0.25, 0.3) is 0 Å². The number of aliphatic hydroxyl groups excluding tert-OH is 1. The van der Waals surface area contributed by atoms with Crippen LogP contribution >= 0.6 is 0 Å². The first kappa shape index (κ1) is 13.9. The molecule has 19 heavy (non-hydrogen) atoms. The smallest absolute Gasteiger partial charge is 0.248 e. The summed E-state index contributed by atoms with van der Waals surface area (Å²) in [4.78, 5) is 11.8. The Morgan fingerprint density at radius 3 is 2.32 bits per heavy atom. The summed E-state index contributed by atoms with van der Waals surface area (Å²) in [6.45, 7) is 8.62.